The summed E-state index contributed by atoms with van der Waals surface area (Å²) in [6, 6.07) is 8.31. The van der Waals surface area contributed by atoms with Gasteiger partial charge in [-0.3, -0.25) is 14.7 Å². The van der Waals surface area contributed by atoms with E-state index in [2.05, 4.69) is 15.4 Å². The highest BCUT2D eigenvalue weighted by Crippen LogP contribution is 2.21. The van der Waals surface area contributed by atoms with Crippen molar-refractivity contribution < 1.29 is 4.79 Å². The van der Waals surface area contributed by atoms with Crippen LogP contribution in [-0.4, -0.2) is 27.0 Å². The number of nitrogens with one attached hydrogen (secondary N) is 2. The minimum absolute atomic E-state index is 0.0986. The van der Waals surface area contributed by atoms with E-state index < -0.39 is 0 Å². The van der Waals surface area contributed by atoms with Gasteiger partial charge in [0.05, 0.1) is 5.69 Å². The Bertz CT molecular complexity index is 959. The van der Waals surface area contributed by atoms with E-state index in [0.29, 0.717) is 17.3 Å². The molecule has 0 aliphatic carbocycles. The molecule has 0 aliphatic rings. The van der Waals surface area contributed by atoms with Gasteiger partial charge in [0.1, 0.15) is 11.4 Å². The number of rotatable bonds is 4. The highest BCUT2D eigenvalue weighted by atomic mass is 35.5. The zero-order chi connectivity index (χ0) is 17.3. The second-order valence-corrected chi connectivity index (χ2v) is 5.74. The Morgan fingerprint density at radius 1 is 1.38 bits per heavy atom. The molecule has 0 saturated heterocycles. The number of fused-ring (bicyclic) bond motifs is 1. The number of nitrogens with two attached hydrogens (primary N) is 1. The molecular weight excluding hydrogens is 330 g/mol. The van der Waals surface area contributed by atoms with E-state index in [0.717, 1.165) is 16.5 Å². The molecule has 0 radical (unpaired) electrons. The summed E-state index contributed by atoms with van der Waals surface area (Å²) in [6.07, 6.45) is 0.789. The summed E-state index contributed by atoms with van der Waals surface area (Å²) in [5.74, 6) is -0.269. The van der Waals surface area contributed by atoms with Crippen LogP contribution in [0.5, 0.6) is 0 Å². The number of carbonyl (C=O) groups excluding carboxylic acids is 1. The lowest BCUT2D eigenvalue weighted by Gasteiger charge is -2.04. The van der Waals surface area contributed by atoms with Gasteiger partial charge in [-0.15, -0.1) is 0 Å². The fourth-order valence-electron chi connectivity index (χ4n) is 2.37. The molecule has 24 heavy (non-hydrogen) atoms. The van der Waals surface area contributed by atoms with E-state index in [4.69, 9.17) is 17.3 Å². The maximum absolute atomic E-state index is 12.3. The van der Waals surface area contributed by atoms with Crippen molar-refractivity contribution in [2.24, 2.45) is 0 Å². The molecule has 0 aliphatic heterocycles. The predicted molar refractivity (Wildman–Crippen MR) is 93.3 cm³/mol. The van der Waals surface area contributed by atoms with Crippen molar-refractivity contribution in [2.45, 2.75) is 13.3 Å². The van der Waals surface area contributed by atoms with Gasteiger partial charge in [-0.1, -0.05) is 30.7 Å². The number of carbonyl (C=O) groups is 1. The molecule has 0 spiro atoms. The summed E-state index contributed by atoms with van der Waals surface area (Å²) in [5, 5.41) is 6.01. The van der Waals surface area contributed by atoms with Crippen LogP contribution in [0.4, 0.5) is 5.82 Å². The monoisotopic (exact) mass is 345 g/mol. The highest BCUT2D eigenvalue weighted by Gasteiger charge is 2.20. The molecule has 0 bridgehead atoms. The van der Waals surface area contributed by atoms with Crippen molar-refractivity contribution in [1.29, 1.82) is 0 Å². The van der Waals surface area contributed by atoms with Crippen LogP contribution in [0.25, 0.3) is 16.9 Å². The Morgan fingerprint density at radius 3 is 2.75 bits per heavy atom. The molecule has 7 nitrogen and oxygen atoms in total. The lowest BCUT2D eigenvalue weighted by atomic mass is 10.1. The molecule has 124 valence electrons. The van der Waals surface area contributed by atoms with Gasteiger partial charge in [-0.2, -0.15) is 4.52 Å². The number of halogens is 1. The number of anilines is 1. The van der Waals surface area contributed by atoms with Crippen molar-refractivity contribution in [1.82, 2.24) is 19.9 Å². The number of aromatic amines is 1. The molecule has 3 rings (SSSR count). The molecule has 8 heteroatoms. The van der Waals surface area contributed by atoms with Gasteiger partial charge in [-0.25, -0.2) is 4.98 Å². The molecule has 2 heterocycles. The first-order valence-electron chi connectivity index (χ1n) is 7.46. The number of aromatic nitrogens is 3. The Morgan fingerprint density at radius 2 is 2.08 bits per heavy atom. The summed E-state index contributed by atoms with van der Waals surface area (Å²) >= 11 is 5.88. The van der Waals surface area contributed by atoms with Crippen LogP contribution in [-0.2, 0) is 0 Å². The SMILES string of the molecule is CCCNC(=O)c1c(N)[nH]n2c(=O)cc(-c3ccc(Cl)cc3)nc12. The minimum Gasteiger partial charge on any atom is -0.383 e. The minimum atomic E-state index is -0.367. The Labute approximate surface area is 142 Å². The quantitative estimate of drug-likeness (QED) is 0.673. The van der Waals surface area contributed by atoms with Crippen LogP contribution >= 0.6 is 11.6 Å². The summed E-state index contributed by atoms with van der Waals surface area (Å²) in [7, 11) is 0. The van der Waals surface area contributed by atoms with Crippen LogP contribution in [0, 0.1) is 0 Å². The standard InChI is InChI=1S/C16H16ClN5O2/c1-2-7-19-16(24)13-14(18)21-22-12(23)8-11(20-15(13)22)9-3-5-10(17)6-4-9/h3-6,8,21H,2,7,18H2,1H3,(H,19,24). The van der Waals surface area contributed by atoms with E-state index in [1.165, 1.54) is 6.07 Å². The van der Waals surface area contributed by atoms with Crippen LogP contribution in [0.15, 0.2) is 35.1 Å². The van der Waals surface area contributed by atoms with Crippen LogP contribution < -0.4 is 16.6 Å². The molecule has 3 aromatic rings. The smallest absolute Gasteiger partial charge is 0.273 e. The first-order valence-corrected chi connectivity index (χ1v) is 7.84. The Balaban J connectivity index is 2.17. The molecule has 0 fully saturated rings. The second kappa shape index (κ2) is 6.37. The number of nitrogen functional groups attached to an aromatic ring is 1. The molecule has 2 aromatic heterocycles. The maximum Gasteiger partial charge on any atom is 0.273 e. The summed E-state index contributed by atoms with van der Waals surface area (Å²) < 4.78 is 1.16. The number of hydrogen-bond acceptors (Lipinski definition) is 4. The van der Waals surface area contributed by atoms with Gasteiger partial charge < -0.3 is 11.1 Å². The molecule has 1 amide bonds. The Kier molecular flexibility index (Phi) is 4.26. The lowest BCUT2D eigenvalue weighted by Crippen LogP contribution is -2.25. The third-order valence-electron chi connectivity index (χ3n) is 3.55. The van der Waals surface area contributed by atoms with Gasteiger partial charge in [-0.05, 0) is 18.6 Å². The molecule has 0 saturated carbocycles. The topological polar surface area (TPSA) is 105 Å². The number of nitrogens with zero attached hydrogens (tertiary/aromatic N) is 2. The second-order valence-electron chi connectivity index (χ2n) is 5.30. The Hall–Kier alpha value is -2.80. The molecule has 0 atom stereocenters. The van der Waals surface area contributed by atoms with Gasteiger partial charge in [0.2, 0.25) is 0 Å². The summed E-state index contributed by atoms with van der Waals surface area (Å²) in [4.78, 5) is 29.1. The van der Waals surface area contributed by atoms with Gasteiger partial charge in [0.15, 0.2) is 5.65 Å². The average molecular weight is 346 g/mol. The van der Waals surface area contributed by atoms with Gasteiger partial charge in [0.25, 0.3) is 11.5 Å². The van der Waals surface area contributed by atoms with Crippen molar-refractivity contribution >= 4 is 29.0 Å². The fraction of sp³-hybridized carbons (Fsp3) is 0.188. The number of H-pyrrole nitrogens is 1. The van der Waals surface area contributed by atoms with Gasteiger partial charge in [0, 0.05) is 23.2 Å². The average Bonchev–Trinajstić information content (AvgIpc) is 2.90. The molecular formula is C16H16ClN5O2. The third kappa shape index (κ3) is 2.85. The van der Waals surface area contributed by atoms with E-state index in [9.17, 15) is 9.59 Å². The highest BCUT2D eigenvalue weighted by molar-refractivity contribution is 6.30. The van der Waals surface area contributed by atoms with Crippen molar-refractivity contribution in [3.8, 4) is 11.3 Å². The van der Waals surface area contributed by atoms with E-state index in [1.54, 1.807) is 24.3 Å². The lowest BCUT2D eigenvalue weighted by molar-refractivity contribution is 0.0956. The first-order chi connectivity index (χ1) is 11.5. The van der Waals surface area contributed by atoms with E-state index >= 15 is 0 Å². The van der Waals surface area contributed by atoms with Gasteiger partial charge >= 0.3 is 0 Å². The van der Waals surface area contributed by atoms with E-state index in [-0.39, 0.29) is 28.5 Å². The zero-order valence-electron chi connectivity index (χ0n) is 13.0. The van der Waals surface area contributed by atoms with Crippen LogP contribution in [0.2, 0.25) is 5.02 Å². The van der Waals surface area contributed by atoms with Crippen molar-refractivity contribution in [3.63, 3.8) is 0 Å². The van der Waals surface area contributed by atoms with E-state index in [1.807, 2.05) is 6.92 Å². The first kappa shape index (κ1) is 16.1. The van der Waals surface area contributed by atoms with Crippen molar-refractivity contribution in [3.05, 3.63) is 51.3 Å². The fourth-order valence-corrected chi connectivity index (χ4v) is 2.50. The van der Waals surface area contributed by atoms with Crippen molar-refractivity contribution in [2.75, 3.05) is 12.3 Å². The predicted octanol–water partition coefficient (Wildman–Crippen LogP) is 2.06. The summed E-state index contributed by atoms with van der Waals surface area (Å²) in [5.41, 5.74) is 7.04. The van der Waals surface area contributed by atoms with Crippen LogP contribution in [0.1, 0.15) is 23.7 Å². The number of amides is 1. The molecule has 0 unspecified atom stereocenters. The number of benzene rings is 1. The maximum atomic E-state index is 12.3. The normalized spacial score (nSPS) is 10.9. The largest absolute Gasteiger partial charge is 0.383 e. The summed E-state index contributed by atoms with van der Waals surface area (Å²) in [6.45, 7) is 2.46. The zero-order valence-corrected chi connectivity index (χ0v) is 13.7. The number of hydrogen-bond donors (Lipinski definition) is 3. The van der Waals surface area contributed by atoms with Crippen LogP contribution in [0.3, 0.4) is 0 Å². The molecule has 1 aromatic carbocycles. The molecule has 4 N–H and O–H groups in total. The third-order valence-corrected chi connectivity index (χ3v) is 3.80.